The minimum atomic E-state index is -0.184. The van der Waals surface area contributed by atoms with Crippen molar-refractivity contribution in [1.82, 2.24) is 5.06 Å². The van der Waals surface area contributed by atoms with Crippen molar-refractivity contribution >= 4 is 0 Å². The molecule has 104 valence electrons. The zero-order valence-corrected chi connectivity index (χ0v) is 11.5. The van der Waals surface area contributed by atoms with E-state index in [0.29, 0.717) is 12.6 Å². The van der Waals surface area contributed by atoms with Gasteiger partial charge in [0, 0.05) is 6.42 Å². The Kier molecular flexibility index (Phi) is 3.17. The molecule has 2 saturated heterocycles. The maximum absolute atomic E-state index is 9.93. The van der Waals surface area contributed by atoms with Gasteiger partial charge in [-0.2, -0.15) is 5.06 Å². The van der Waals surface area contributed by atoms with Gasteiger partial charge in [-0.1, -0.05) is 19.3 Å². The van der Waals surface area contributed by atoms with Crippen LogP contribution < -0.4 is 0 Å². The summed E-state index contributed by atoms with van der Waals surface area (Å²) in [4.78, 5) is 6.23. The molecule has 0 spiro atoms. The van der Waals surface area contributed by atoms with Crippen molar-refractivity contribution in [1.29, 1.82) is 0 Å². The maximum Gasteiger partial charge on any atom is 0.112 e. The fourth-order valence-electron chi connectivity index (χ4n) is 3.84. The second-order valence-corrected chi connectivity index (χ2v) is 6.60. The lowest BCUT2D eigenvalue weighted by Crippen LogP contribution is -2.56. The van der Waals surface area contributed by atoms with Crippen LogP contribution in [-0.2, 0) is 9.57 Å². The molecule has 18 heavy (non-hydrogen) atoms. The topological polar surface area (TPSA) is 41.9 Å². The van der Waals surface area contributed by atoms with Gasteiger partial charge in [-0.05, 0) is 26.7 Å². The van der Waals surface area contributed by atoms with Crippen LogP contribution in [0, 0.1) is 0 Å². The van der Waals surface area contributed by atoms with E-state index in [1.807, 2.05) is 0 Å². The summed E-state index contributed by atoms with van der Waals surface area (Å²) in [5.41, 5.74) is -0.348. The van der Waals surface area contributed by atoms with Crippen molar-refractivity contribution in [2.75, 3.05) is 13.2 Å². The van der Waals surface area contributed by atoms with Gasteiger partial charge in [0.15, 0.2) is 0 Å². The van der Waals surface area contributed by atoms with E-state index in [1.165, 1.54) is 19.3 Å². The Morgan fingerprint density at radius 3 is 2.67 bits per heavy atom. The second-order valence-electron chi connectivity index (χ2n) is 6.60. The summed E-state index contributed by atoms with van der Waals surface area (Å²) in [5.74, 6) is 0. The van der Waals surface area contributed by atoms with Gasteiger partial charge in [-0.15, -0.1) is 0 Å². The Hall–Kier alpha value is -0.160. The van der Waals surface area contributed by atoms with E-state index in [9.17, 15) is 5.11 Å². The molecule has 3 rings (SSSR count). The van der Waals surface area contributed by atoms with Gasteiger partial charge in [0.1, 0.15) is 5.60 Å². The molecular weight excluding hydrogens is 230 g/mol. The quantitative estimate of drug-likeness (QED) is 0.818. The molecule has 4 heteroatoms. The first-order valence-electron chi connectivity index (χ1n) is 7.30. The molecule has 1 saturated carbocycles. The average Bonchev–Trinajstić information content (AvgIpc) is 2.70. The highest BCUT2D eigenvalue weighted by molar-refractivity contribution is 5.02. The Labute approximate surface area is 109 Å². The van der Waals surface area contributed by atoms with Crippen LogP contribution >= 0.6 is 0 Å². The highest BCUT2D eigenvalue weighted by Crippen LogP contribution is 2.45. The van der Waals surface area contributed by atoms with Crippen molar-refractivity contribution in [2.24, 2.45) is 0 Å². The van der Waals surface area contributed by atoms with E-state index < -0.39 is 0 Å². The second kappa shape index (κ2) is 4.44. The van der Waals surface area contributed by atoms with Crippen molar-refractivity contribution in [3.63, 3.8) is 0 Å². The zero-order chi connectivity index (χ0) is 12.8. The zero-order valence-electron chi connectivity index (χ0n) is 11.5. The van der Waals surface area contributed by atoms with Crippen LogP contribution in [0.3, 0.4) is 0 Å². The van der Waals surface area contributed by atoms with E-state index in [4.69, 9.17) is 9.57 Å². The van der Waals surface area contributed by atoms with Crippen LogP contribution in [0.4, 0.5) is 0 Å². The van der Waals surface area contributed by atoms with Gasteiger partial charge < -0.3 is 9.84 Å². The van der Waals surface area contributed by atoms with Gasteiger partial charge in [-0.25, -0.2) is 0 Å². The number of hydrogen-bond donors (Lipinski definition) is 1. The lowest BCUT2D eigenvalue weighted by Gasteiger charge is -2.45. The Balaban J connectivity index is 1.86. The van der Waals surface area contributed by atoms with Gasteiger partial charge >= 0.3 is 0 Å². The number of aliphatic hydroxyl groups is 1. The summed E-state index contributed by atoms with van der Waals surface area (Å²) in [6.45, 7) is 5.12. The molecule has 1 N–H and O–H groups in total. The molecule has 2 aliphatic heterocycles. The van der Waals surface area contributed by atoms with E-state index in [2.05, 4.69) is 18.9 Å². The molecule has 2 bridgehead atoms. The molecular formula is C14H25NO3. The largest absolute Gasteiger partial charge is 0.394 e. The van der Waals surface area contributed by atoms with E-state index >= 15 is 0 Å². The van der Waals surface area contributed by atoms with Gasteiger partial charge in [-0.3, -0.25) is 4.84 Å². The molecule has 0 aromatic rings. The number of hydrogen-bond acceptors (Lipinski definition) is 4. The molecule has 0 aromatic heterocycles. The molecule has 4 nitrogen and oxygen atoms in total. The van der Waals surface area contributed by atoms with Crippen LogP contribution in [0.1, 0.15) is 52.4 Å². The van der Waals surface area contributed by atoms with Gasteiger partial charge in [0.05, 0.1) is 30.9 Å². The fraction of sp³-hybridized carbons (Fsp3) is 1.00. The van der Waals surface area contributed by atoms with Gasteiger partial charge in [0.25, 0.3) is 0 Å². The van der Waals surface area contributed by atoms with Gasteiger partial charge in [0.2, 0.25) is 0 Å². The first-order chi connectivity index (χ1) is 8.59. The predicted octanol–water partition coefficient (Wildman–Crippen LogP) is 1.86. The van der Waals surface area contributed by atoms with Crippen molar-refractivity contribution < 1.29 is 14.7 Å². The summed E-state index contributed by atoms with van der Waals surface area (Å²) >= 11 is 0. The molecule has 0 amide bonds. The molecule has 1 unspecified atom stereocenters. The normalized spacial score (nSPS) is 44.2. The summed E-state index contributed by atoms with van der Waals surface area (Å²) in [6.07, 6.45) is 6.98. The highest BCUT2D eigenvalue weighted by atomic mass is 16.7. The summed E-state index contributed by atoms with van der Waals surface area (Å²) in [6, 6.07) is 0.300. The van der Waals surface area contributed by atoms with Crippen LogP contribution in [0.2, 0.25) is 0 Å². The molecule has 3 fully saturated rings. The van der Waals surface area contributed by atoms with Crippen LogP contribution in [0.25, 0.3) is 0 Å². The van der Waals surface area contributed by atoms with E-state index in [-0.39, 0.29) is 23.9 Å². The predicted molar refractivity (Wildman–Crippen MR) is 68.0 cm³/mol. The molecule has 2 heterocycles. The van der Waals surface area contributed by atoms with E-state index in [1.54, 1.807) is 0 Å². The standard InChI is InChI=1S/C14H25NO3/c1-11-12-8-13(2,10-17-11)18-15(12)14(9-16)6-4-3-5-7-14/h11-12,16H,3-10H2,1-2H3/t11-,12-,13?/m1/s1. The number of ether oxygens (including phenoxy) is 1. The van der Waals surface area contributed by atoms with Crippen molar-refractivity contribution in [3.05, 3.63) is 0 Å². The minimum Gasteiger partial charge on any atom is -0.394 e. The maximum atomic E-state index is 9.93. The van der Waals surface area contributed by atoms with Crippen molar-refractivity contribution in [2.45, 2.75) is 75.7 Å². The Morgan fingerprint density at radius 2 is 2.00 bits per heavy atom. The lowest BCUT2D eigenvalue weighted by atomic mass is 9.80. The van der Waals surface area contributed by atoms with Crippen LogP contribution in [-0.4, -0.2) is 46.7 Å². The van der Waals surface area contributed by atoms with Crippen molar-refractivity contribution in [3.8, 4) is 0 Å². The smallest absolute Gasteiger partial charge is 0.112 e. The third-order valence-electron chi connectivity index (χ3n) is 5.00. The number of aliphatic hydroxyl groups excluding tert-OH is 1. The Bertz CT molecular complexity index is 316. The third kappa shape index (κ3) is 1.90. The first kappa shape index (κ1) is 12.9. The highest BCUT2D eigenvalue weighted by Gasteiger charge is 2.55. The molecule has 3 atom stereocenters. The first-order valence-corrected chi connectivity index (χ1v) is 7.30. The van der Waals surface area contributed by atoms with E-state index in [0.717, 1.165) is 19.3 Å². The lowest BCUT2D eigenvalue weighted by molar-refractivity contribution is -0.260. The van der Waals surface area contributed by atoms with Crippen LogP contribution in [0.5, 0.6) is 0 Å². The summed E-state index contributed by atoms with van der Waals surface area (Å²) < 4.78 is 5.83. The SMILES string of the molecule is C[C@H]1OCC2(C)C[C@H]1N(C1(CO)CCCCC1)O2. The number of fused-ring (bicyclic) bond motifs is 2. The number of rotatable bonds is 2. The average molecular weight is 255 g/mol. The monoisotopic (exact) mass is 255 g/mol. The molecule has 3 aliphatic rings. The minimum absolute atomic E-state index is 0.164. The summed E-state index contributed by atoms with van der Waals surface area (Å²) in [7, 11) is 0. The number of nitrogens with zero attached hydrogens (tertiary/aromatic N) is 1. The summed E-state index contributed by atoms with van der Waals surface area (Å²) in [5, 5.41) is 12.1. The molecule has 0 radical (unpaired) electrons. The molecule has 0 aromatic carbocycles. The Morgan fingerprint density at radius 1 is 1.28 bits per heavy atom. The third-order valence-corrected chi connectivity index (χ3v) is 5.00. The number of hydroxylamine groups is 2. The fourth-order valence-corrected chi connectivity index (χ4v) is 3.84. The molecule has 1 aliphatic carbocycles. The van der Waals surface area contributed by atoms with Crippen LogP contribution in [0.15, 0.2) is 0 Å².